The summed E-state index contributed by atoms with van der Waals surface area (Å²) >= 11 is 0. The second-order valence-electron chi connectivity index (χ2n) is 3.32. The van der Waals surface area contributed by atoms with Gasteiger partial charge < -0.3 is 0 Å². The zero-order chi connectivity index (χ0) is 10.6. The number of carbonyl (C=O) groups is 1. The van der Waals surface area contributed by atoms with Crippen LogP contribution in [0, 0.1) is 6.92 Å². The monoisotopic (exact) mass is 210 g/mol. The quantitative estimate of drug-likeness (QED) is 0.762. The highest BCUT2D eigenvalue weighted by Gasteiger charge is 2.04. The molecule has 0 aliphatic rings. The standard InChI is InChI=1S/C11H14O2S/c1-9-4-3-5-11(8-9)14(13)7-6-10(2)12/h3-5,8H,6-7H2,1-2H3. The third-order valence-corrected chi connectivity index (χ3v) is 3.25. The SMILES string of the molecule is CC(=O)CCS(=O)c1cccc(C)c1. The van der Waals surface area contributed by atoms with E-state index in [9.17, 15) is 9.00 Å². The van der Waals surface area contributed by atoms with Gasteiger partial charge in [0.2, 0.25) is 0 Å². The Hall–Kier alpha value is -0.960. The molecule has 0 spiro atoms. The Morgan fingerprint density at radius 2 is 2.14 bits per heavy atom. The molecular weight excluding hydrogens is 196 g/mol. The van der Waals surface area contributed by atoms with Crippen molar-refractivity contribution in [2.75, 3.05) is 5.75 Å². The molecule has 0 N–H and O–H groups in total. The molecule has 0 saturated carbocycles. The number of rotatable bonds is 4. The van der Waals surface area contributed by atoms with Crippen molar-refractivity contribution in [3.63, 3.8) is 0 Å². The van der Waals surface area contributed by atoms with Crippen molar-refractivity contribution < 1.29 is 9.00 Å². The number of Topliss-reactive ketones (excluding diaryl/α,β-unsaturated/α-hetero) is 1. The first-order valence-corrected chi connectivity index (χ1v) is 5.86. The molecule has 76 valence electrons. The topological polar surface area (TPSA) is 34.1 Å². The molecule has 0 bridgehead atoms. The van der Waals surface area contributed by atoms with Crippen molar-refractivity contribution in [3.05, 3.63) is 29.8 Å². The lowest BCUT2D eigenvalue weighted by atomic mass is 10.2. The fourth-order valence-corrected chi connectivity index (χ4v) is 2.37. The van der Waals surface area contributed by atoms with Gasteiger partial charge in [-0.3, -0.25) is 9.00 Å². The van der Waals surface area contributed by atoms with E-state index in [-0.39, 0.29) is 5.78 Å². The van der Waals surface area contributed by atoms with Crippen LogP contribution in [0.4, 0.5) is 0 Å². The van der Waals surface area contributed by atoms with Gasteiger partial charge in [-0.15, -0.1) is 0 Å². The average molecular weight is 210 g/mol. The fraction of sp³-hybridized carbons (Fsp3) is 0.364. The molecule has 1 atom stereocenters. The Morgan fingerprint density at radius 1 is 1.43 bits per heavy atom. The van der Waals surface area contributed by atoms with E-state index in [1.807, 2.05) is 31.2 Å². The predicted octanol–water partition coefficient (Wildman–Crippen LogP) is 2.08. The maximum Gasteiger partial charge on any atom is 0.130 e. The van der Waals surface area contributed by atoms with Gasteiger partial charge in [-0.2, -0.15) is 0 Å². The molecule has 0 aliphatic carbocycles. The first-order chi connectivity index (χ1) is 6.59. The van der Waals surface area contributed by atoms with Gasteiger partial charge in [-0.1, -0.05) is 12.1 Å². The minimum Gasteiger partial charge on any atom is -0.300 e. The van der Waals surface area contributed by atoms with Gasteiger partial charge in [-0.05, 0) is 31.5 Å². The van der Waals surface area contributed by atoms with E-state index in [1.165, 1.54) is 6.92 Å². The van der Waals surface area contributed by atoms with E-state index in [4.69, 9.17) is 0 Å². The molecule has 0 fully saturated rings. The largest absolute Gasteiger partial charge is 0.300 e. The van der Waals surface area contributed by atoms with Crippen LogP contribution >= 0.6 is 0 Å². The molecular formula is C11H14O2S. The molecule has 0 radical (unpaired) electrons. The van der Waals surface area contributed by atoms with Crippen LogP contribution in [0.3, 0.4) is 0 Å². The number of benzene rings is 1. The Morgan fingerprint density at radius 3 is 2.71 bits per heavy atom. The van der Waals surface area contributed by atoms with Gasteiger partial charge in [0.1, 0.15) is 5.78 Å². The second-order valence-corrected chi connectivity index (χ2v) is 4.89. The van der Waals surface area contributed by atoms with Gasteiger partial charge in [-0.25, -0.2) is 0 Å². The third-order valence-electron chi connectivity index (χ3n) is 1.89. The number of aryl methyl sites for hydroxylation is 1. The molecule has 2 nitrogen and oxygen atoms in total. The summed E-state index contributed by atoms with van der Waals surface area (Å²) in [7, 11) is -1.04. The first kappa shape index (κ1) is 11.1. The van der Waals surface area contributed by atoms with Gasteiger partial charge in [0.05, 0.1) is 10.8 Å². The van der Waals surface area contributed by atoms with Crippen LogP contribution in [-0.4, -0.2) is 15.7 Å². The highest BCUT2D eigenvalue weighted by atomic mass is 32.2. The van der Waals surface area contributed by atoms with Crippen LogP contribution in [0.15, 0.2) is 29.2 Å². The molecule has 1 rings (SSSR count). The van der Waals surface area contributed by atoms with Crippen molar-refractivity contribution in [3.8, 4) is 0 Å². The lowest BCUT2D eigenvalue weighted by Crippen LogP contribution is -2.02. The van der Waals surface area contributed by atoms with Gasteiger partial charge in [0, 0.05) is 17.1 Å². The van der Waals surface area contributed by atoms with E-state index >= 15 is 0 Å². The highest BCUT2D eigenvalue weighted by Crippen LogP contribution is 2.09. The summed E-state index contributed by atoms with van der Waals surface area (Å²) in [5.74, 6) is 0.518. The Kier molecular flexibility index (Phi) is 4.01. The van der Waals surface area contributed by atoms with Crippen LogP contribution < -0.4 is 0 Å². The molecule has 0 aromatic heterocycles. The molecule has 0 amide bonds. The molecule has 0 aliphatic heterocycles. The van der Waals surface area contributed by atoms with E-state index < -0.39 is 10.8 Å². The van der Waals surface area contributed by atoms with Crippen molar-refractivity contribution in [1.82, 2.24) is 0 Å². The predicted molar refractivity (Wildman–Crippen MR) is 57.8 cm³/mol. The summed E-state index contributed by atoms with van der Waals surface area (Å²) in [6.45, 7) is 3.49. The summed E-state index contributed by atoms with van der Waals surface area (Å²) in [6.07, 6.45) is 0.389. The molecule has 0 heterocycles. The lowest BCUT2D eigenvalue weighted by Gasteiger charge is -2.01. The summed E-state index contributed by atoms with van der Waals surface area (Å²) in [5.41, 5.74) is 1.10. The Labute approximate surface area is 86.8 Å². The minimum atomic E-state index is -1.04. The van der Waals surface area contributed by atoms with Crippen molar-refractivity contribution in [2.24, 2.45) is 0 Å². The minimum absolute atomic E-state index is 0.0889. The van der Waals surface area contributed by atoms with E-state index in [1.54, 1.807) is 0 Å². The van der Waals surface area contributed by atoms with E-state index in [0.717, 1.165) is 10.5 Å². The van der Waals surface area contributed by atoms with Crippen molar-refractivity contribution >= 4 is 16.6 Å². The Bertz CT molecular complexity index is 358. The Balaban J connectivity index is 2.65. The molecule has 14 heavy (non-hydrogen) atoms. The number of hydrogen-bond acceptors (Lipinski definition) is 2. The molecule has 3 heteroatoms. The van der Waals surface area contributed by atoms with Crippen LogP contribution in [0.1, 0.15) is 18.9 Å². The molecule has 1 aromatic carbocycles. The maximum atomic E-state index is 11.7. The third kappa shape index (κ3) is 3.42. The fourth-order valence-electron chi connectivity index (χ4n) is 1.11. The van der Waals surface area contributed by atoms with Gasteiger partial charge in [0.25, 0.3) is 0 Å². The van der Waals surface area contributed by atoms with E-state index in [0.29, 0.717) is 12.2 Å². The van der Waals surface area contributed by atoms with Crippen LogP contribution in [0.2, 0.25) is 0 Å². The molecule has 1 unspecified atom stereocenters. The average Bonchev–Trinajstić information content (AvgIpc) is 2.14. The summed E-state index contributed by atoms with van der Waals surface area (Å²) in [6, 6.07) is 7.58. The summed E-state index contributed by atoms with van der Waals surface area (Å²) < 4.78 is 11.7. The van der Waals surface area contributed by atoms with Crippen molar-refractivity contribution in [1.29, 1.82) is 0 Å². The molecule has 1 aromatic rings. The van der Waals surface area contributed by atoms with Gasteiger partial charge in [0.15, 0.2) is 0 Å². The van der Waals surface area contributed by atoms with Crippen molar-refractivity contribution in [2.45, 2.75) is 25.2 Å². The first-order valence-electron chi connectivity index (χ1n) is 4.54. The summed E-state index contributed by atoms with van der Waals surface area (Å²) in [4.78, 5) is 11.5. The van der Waals surface area contributed by atoms with E-state index in [2.05, 4.69) is 0 Å². The number of ketones is 1. The second kappa shape index (κ2) is 5.05. The summed E-state index contributed by atoms with van der Waals surface area (Å²) in [5, 5.41) is 0. The van der Waals surface area contributed by atoms with Gasteiger partial charge >= 0.3 is 0 Å². The van der Waals surface area contributed by atoms with Crippen LogP contribution in [-0.2, 0) is 15.6 Å². The lowest BCUT2D eigenvalue weighted by molar-refractivity contribution is -0.116. The van der Waals surface area contributed by atoms with Crippen LogP contribution in [0.5, 0.6) is 0 Å². The zero-order valence-corrected chi connectivity index (χ0v) is 9.26. The van der Waals surface area contributed by atoms with Crippen LogP contribution in [0.25, 0.3) is 0 Å². The normalized spacial score (nSPS) is 12.4. The number of carbonyl (C=O) groups excluding carboxylic acids is 1. The smallest absolute Gasteiger partial charge is 0.130 e. The maximum absolute atomic E-state index is 11.7. The number of hydrogen-bond donors (Lipinski definition) is 0. The zero-order valence-electron chi connectivity index (χ0n) is 8.45. The molecule has 0 saturated heterocycles. The highest BCUT2D eigenvalue weighted by molar-refractivity contribution is 7.85.